The Morgan fingerprint density at radius 2 is 2.33 bits per heavy atom. The Morgan fingerprint density at radius 1 is 1.61 bits per heavy atom. The lowest BCUT2D eigenvalue weighted by Gasteiger charge is -2.17. The summed E-state index contributed by atoms with van der Waals surface area (Å²) in [7, 11) is 0. The van der Waals surface area contributed by atoms with Crippen LogP contribution < -0.4 is 5.32 Å². The number of aryl methyl sites for hydroxylation is 1. The smallest absolute Gasteiger partial charge is 0.226 e. The van der Waals surface area contributed by atoms with E-state index in [2.05, 4.69) is 10.3 Å². The van der Waals surface area contributed by atoms with Crippen LogP contribution in [-0.4, -0.2) is 32.5 Å². The average molecular weight is 267 g/mol. The molecule has 18 heavy (non-hydrogen) atoms. The highest BCUT2D eigenvalue weighted by Crippen LogP contribution is 2.16. The molecule has 0 bridgehead atoms. The van der Waals surface area contributed by atoms with Gasteiger partial charge in [-0.2, -0.15) is 0 Å². The van der Waals surface area contributed by atoms with Crippen LogP contribution in [0.3, 0.4) is 0 Å². The second-order valence-corrected chi connectivity index (χ2v) is 5.86. The van der Waals surface area contributed by atoms with Gasteiger partial charge in [0.15, 0.2) is 4.96 Å². The van der Waals surface area contributed by atoms with Crippen molar-refractivity contribution in [2.45, 2.75) is 32.8 Å². The van der Waals surface area contributed by atoms with Crippen LogP contribution in [-0.2, 0) is 11.2 Å². The molecule has 0 aliphatic carbocycles. The number of nitrogens with one attached hydrogen (secondary N) is 1. The molecule has 0 radical (unpaired) electrons. The van der Waals surface area contributed by atoms with Gasteiger partial charge in [0.2, 0.25) is 5.91 Å². The van der Waals surface area contributed by atoms with Gasteiger partial charge in [-0.05, 0) is 20.8 Å². The first kappa shape index (κ1) is 13.0. The summed E-state index contributed by atoms with van der Waals surface area (Å²) in [6.45, 7) is 5.50. The van der Waals surface area contributed by atoms with E-state index in [4.69, 9.17) is 0 Å². The molecule has 2 rings (SSSR count). The van der Waals surface area contributed by atoms with Crippen LogP contribution in [0.25, 0.3) is 4.96 Å². The van der Waals surface area contributed by atoms with Crippen molar-refractivity contribution in [2.24, 2.45) is 0 Å². The van der Waals surface area contributed by atoms with Crippen LogP contribution >= 0.6 is 11.3 Å². The summed E-state index contributed by atoms with van der Waals surface area (Å²) in [5.74, 6) is -0.0943. The number of amides is 1. The fourth-order valence-electron chi connectivity index (χ4n) is 1.61. The highest BCUT2D eigenvalue weighted by Gasteiger charge is 2.15. The van der Waals surface area contributed by atoms with Crippen molar-refractivity contribution in [1.29, 1.82) is 0 Å². The molecular weight excluding hydrogens is 250 g/mol. The quantitative estimate of drug-likeness (QED) is 0.873. The normalized spacial score (nSPS) is 12.0. The van der Waals surface area contributed by atoms with Crippen molar-refractivity contribution in [1.82, 2.24) is 14.7 Å². The molecule has 2 aromatic heterocycles. The number of hydrogen-bond acceptors (Lipinski definition) is 4. The van der Waals surface area contributed by atoms with Crippen molar-refractivity contribution < 1.29 is 9.90 Å². The van der Waals surface area contributed by atoms with Crippen molar-refractivity contribution in [3.8, 4) is 0 Å². The minimum Gasteiger partial charge on any atom is -0.389 e. The van der Waals surface area contributed by atoms with Gasteiger partial charge in [-0.25, -0.2) is 4.98 Å². The van der Waals surface area contributed by atoms with E-state index in [1.807, 2.05) is 22.9 Å². The Morgan fingerprint density at radius 3 is 3.00 bits per heavy atom. The SMILES string of the molecule is Cc1cn2c(CC(=O)NCC(C)(C)O)csc2n1. The molecule has 0 saturated heterocycles. The highest BCUT2D eigenvalue weighted by molar-refractivity contribution is 7.15. The maximum atomic E-state index is 11.8. The number of imidazole rings is 1. The minimum atomic E-state index is -0.884. The van der Waals surface area contributed by atoms with E-state index < -0.39 is 5.60 Å². The highest BCUT2D eigenvalue weighted by atomic mass is 32.1. The van der Waals surface area contributed by atoms with Gasteiger partial charge in [-0.1, -0.05) is 0 Å². The van der Waals surface area contributed by atoms with Gasteiger partial charge in [0.05, 0.1) is 17.7 Å². The van der Waals surface area contributed by atoms with Gasteiger partial charge in [0.25, 0.3) is 0 Å². The molecule has 1 amide bonds. The van der Waals surface area contributed by atoms with E-state index in [0.29, 0.717) is 6.42 Å². The number of carbonyl (C=O) groups excluding carboxylic acids is 1. The number of carbonyl (C=O) groups is 1. The van der Waals surface area contributed by atoms with Crippen LogP contribution in [0.4, 0.5) is 0 Å². The summed E-state index contributed by atoms with van der Waals surface area (Å²) in [5.41, 5.74) is 0.981. The molecule has 0 saturated carbocycles. The third kappa shape index (κ3) is 3.08. The van der Waals surface area contributed by atoms with Gasteiger partial charge in [0.1, 0.15) is 0 Å². The number of thiazole rings is 1. The predicted octanol–water partition coefficient (Wildman–Crippen LogP) is 1.13. The Kier molecular flexibility index (Phi) is 3.41. The standard InChI is InChI=1S/C12H17N3O2S/c1-8-5-15-9(6-18-11(15)14-8)4-10(16)13-7-12(2,3)17/h5-6,17H,4,7H2,1-3H3,(H,13,16). The third-order valence-electron chi connectivity index (χ3n) is 2.46. The fraction of sp³-hybridized carbons (Fsp3) is 0.500. The molecular formula is C12H17N3O2S. The molecule has 6 heteroatoms. The molecule has 0 fully saturated rings. The third-order valence-corrected chi connectivity index (χ3v) is 3.35. The van der Waals surface area contributed by atoms with Crippen LogP contribution in [0, 0.1) is 6.92 Å². The maximum absolute atomic E-state index is 11.8. The van der Waals surface area contributed by atoms with Gasteiger partial charge >= 0.3 is 0 Å². The molecule has 5 nitrogen and oxygen atoms in total. The Bertz CT molecular complexity index is 565. The summed E-state index contributed by atoms with van der Waals surface area (Å²) in [6.07, 6.45) is 2.22. The summed E-state index contributed by atoms with van der Waals surface area (Å²) in [6, 6.07) is 0. The topological polar surface area (TPSA) is 66.6 Å². The Hall–Kier alpha value is -1.40. The average Bonchev–Trinajstić information content (AvgIpc) is 2.76. The second-order valence-electron chi connectivity index (χ2n) is 5.03. The zero-order valence-electron chi connectivity index (χ0n) is 10.7. The molecule has 0 aromatic carbocycles. The zero-order valence-corrected chi connectivity index (χ0v) is 11.5. The first-order valence-electron chi connectivity index (χ1n) is 5.76. The molecule has 0 aliphatic rings. The molecule has 2 N–H and O–H groups in total. The number of aromatic nitrogens is 2. The molecule has 0 aliphatic heterocycles. The molecule has 98 valence electrons. The van der Waals surface area contributed by atoms with Crippen LogP contribution in [0.2, 0.25) is 0 Å². The molecule has 0 atom stereocenters. The largest absolute Gasteiger partial charge is 0.389 e. The van der Waals surface area contributed by atoms with Crippen LogP contribution in [0.15, 0.2) is 11.6 Å². The van der Waals surface area contributed by atoms with Crippen LogP contribution in [0.5, 0.6) is 0 Å². The number of fused-ring (bicyclic) bond motifs is 1. The minimum absolute atomic E-state index is 0.0943. The molecule has 2 aromatic rings. The maximum Gasteiger partial charge on any atom is 0.226 e. The summed E-state index contributed by atoms with van der Waals surface area (Å²) >= 11 is 1.52. The number of nitrogens with zero attached hydrogens (tertiary/aromatic N) is 2. The number of aliphatic hydroxyl groups is 1. The van der Waals surface area contributed by atoms with E-state index in [1.165, 1.54) is 11.3 Å². The van der Waals surface area contributed by atoms with Gasteiger partial charge < -0.3 is 10.4 Å². The molecule has 0 unspecified atom stereocenters. The van der Waals surface area contributed by atoms with Crippen molar-refractivity contribution in [2.75, 3.05) is 6.54 Å². The predicted molar refractivity (Wildman–Crippen MR) is 70.8 cm³/mol. The van der Waals surface area contributed by atoms with Gasteiger partial charge in [-0.15, -0.1) is 11.3 Å². The summed E-state index contributed by atoms with van der Waals surface area (Å²) in [5, 5.41) is 14.2. The first-order chi connectivity index (χ1) is 8.35. The lowest BCUT2D eigenvalue weighted by molar-refractivity contribution is -0.121. The zero-order chi connectivity index (χ0) is 13.3. The first-order valence-corrected chi connectivity index (χ1v) is 6.64. The summed E-state index contributed by atoms with van der Waals surface area (Å²) < 4.78 is 1.93. The molecule has 2 heterocycles. The Labute approximate surface area is 109 Å². The van der Waals surface area contributed by atoms with E-state index in [-0.39, 0.29) is 12.5 Å². The van der Waals surface area contributed by atoms with Gasteiger partial charge in [0, 0.05) is 23.8 Å². The lowest BCUT2D eigenvalue weighted by Crippen LogP contribution is -2.38. The lowest BCUT2D eigenvalue weighted by atomic mass is 10.1. The number of hydrogen-bond donors (Lipinski definition) is 2. The summed E-state index contributed by atoms with van der Waals surface area (Å²) in [4.78, 5) is 17.0. The fourth-order valence-corrected chi connectivity index (χ4v) is 2.53. The van der Waals surface area contributed by atoms with Crippen molar-refractivity contribution in [3.63, 3.8) is 0 Å². The monoisotopic (exact) mass is 267 g/mol. The van der Waals surface area contributed by atoms with E-state index in [0.717, 1.165) is 16.3 Å². The van der Waals surface area contributed by atoms with E-state index in [1.54, 1.807) is 13.8 Å². The Balaban J connectivity index is 2.02. The second kappa shape index (κ2) is 4.70. The van der Waals surface area contributed by atoms with Crippen LogP contribution in [0.1, 0.15) is 25.2 Å². The van der Waals surface area contributed by atoms with E-state index in [9.17, 15) is 9.90 Å². The van der Waals surface area contributed by atoms with E-state index >= 15 is 0 Å². The van der Waals surface area contributed by atoms with Gasteiger partial charge in [-0.3, -0.25) is 9.20 Å². The number of rotatable bonds is 4. The molecule has 0 spiro atoms. The van der Waals surface area contributed by atoms with Crippen molar-refractivity contribution >= 4 is 22.2 Å². The van der Waals surface area contributed by atoms with Crippen molar-refractivity contribution in [3.05, 3.63) is 23.0 Å².